The fourth-order valence-corrected chi connectivity index (χ4v) is 3.64. The molecule has 2 N–H and O–H groups in total. The van der Waals surface area contributed by atoms with Crippen LogP contribution in [0.25, 0.3) is 0 Å². The zero-order valence-electron chi connectivity index (χ0n) is 11.9. The number of allylic oxidation sites excluding steroid dienone is 2. The van der Waals surface area contributed by atoms with Crippen molar-refractivity contribution < 1.29 is 19.1 Å². The third kappa shape index (κ3) is 2.60. The van der Waals surface area contributed by atoms with Crippen LogP contribution in [-0.2, 0) is 16.0 Å². The number of hydrogen-bond acceptors (Lipinski definition) is 3. The first-order valence-electron chi connectivity index (χ1n) is 7.30. The molecule has 2 aliphatic rings. The number of fused-ring (bicyclic) bond motifs is 2. The van der Waals surface area contributed by atoms with Gasteiger partial charge in [0.2, 0.25) is 5.91 Å². The number of hydrogen-bond donors (Lipinski definition) is 2. The summed E-state index contributed by atoms with van der Waals surface area (Å²) in [4.78, 5) is 23.9. The Kier molecular flexibility index (Phi) is 3.57. The highest BCUT2D eigenvalue weighted by atomic mass is 16.4. The SMILES string of the molecule is CC(Cc1ccco1)NC(=O)C1C2C=CC(C2)C1C(=O)O. The third-order valence-corrected chi connectivity index (χ3v) is 4.52. The zero-order chi connectivity index (χ0) is 15.0. The first-order valence-corrected chi connectivity index (χ1v) is 7.30. The number of carbonyl (C=O) groups excluding carboxylic acids is 1. The molecule has 112 valence electrons. The lowest BCUT2D eigenvalue weighted by Gasteiger charge is -2.25. The fraction of sp³-hybridized carbons (Fsp3) is 0.500. The van der Waals surface area contributed by atoms with E-state index in [-0.39, 0.29) is 23.8 Å². The highest BCUT2D eigenvalue weighted by Gasteiger charge is 2.51. The van der Waals surface area contributed by atoms with E-state index in [0.29, 0.717) is 6.42 Å². The first kappa shape index (κ1) is 13.9. The van der Waals surface area contributed by atoms with Gasteiger partial charge in [-0.3, -0.25) is 9.59 Å². The third-order valence-electron chi connectivity index (χ3n) is 4.52. The summed E-state index contributed by atoms with van der Waals surface area (Å²) in [6.07, 6.45) is 6.92. The van der Waals surface area contributed by atoms with Gasteiger partial charge in [0.05, 0.1) is 18.1 Å². The van der Waals surface area contributed by atoms with Crippen LogP contribution in [0.4, 0.5) is 0 Å². The van der Waals surface area contributed by atoms with Crippen molar-refractivity contribution in [3.8, 4) is 0 Å². The topological polar surface area (TPSA) is 79.5 Å². The second kappa shape index (κ2) is 5.39. The normalized spacial score (nSPS) is 31.3. The number of aliphatic carboxylic acids is 1. The predicted molar refractivity (Wildman–Crippen MR) is 75.4 cm³/mol. The minimum absolute atomic E-state index is 0.00336. The van der Waals surface area contributed by atoms with E-state index in [1.165, 1.54) is 0 Å². The molecule has 3 rings (SSSR count). The van der Waals surface area contributed by atoms with Gasteiger partial charge in [-0.15, -0.1) is 0 Å². The van der Waals surface area contributed by atoms with Crippen molar-refractivity contribution >= 4 is 11.9 Å². The van der Waals surface area contributed by atoms with Gasteiger partial charge in [0.1, 0.15) is 5.76 Å². The molecular weight excluding hydrogens is 270 g/mol. The van der Waals surface area contributed by atoms with E-state index in [1.54, 1.807) is 6.26 Å². The van der Waals surface area contributed by atoms with Crippen molar-refractivity contribution in [2.24, 2.45) is 23.7 Å². The Morgan fingerprint density at radius 3 is 2.71 bits per heavy atom. The van der Waals surface area contributed by atoms with Gasteiger partial charge in [-0.05, 0) is 37.3 Å². The Morgan fingerprint density at radius 1 is 1.38 bits per heavy atom. The molecule has 5 heteroatoms. The van der Waals surface area contributed by atoms with Crippen LogP contribution in [0.1, 0.15) is 19.1 Å². The molecule has 21 heavy (non-hydrogen) atoms. The molecule has 0 spiro atoms. The van der Waals surface area contributed by atoms with Crippen LogP contribution in [0.2, 0.25) is 0 Å². The van der Waals surface area contributed by atoms with Gasteiger partial charge in [-0.25, -0.2) is 0 Å². The standard InChI is InChI=1S/C16H19NO4/c1-9(7-12-3-2-6-21-12)17-15(18)13-10-4-5-11(8-10)14(13)16(19)20/h2-6,9-11,13-14H,7-8H2,1H3,(H,17,18)(H,19,20). The molecule has 5 nitrogen and oxygen atoms in total. The lowest BCUT2D eigenvalue weighted by Crippen LogP contribution is -2.44. The summed E-state index contributed by atoms with van der Waals surface area (Å²) >= 11 is 0. The van der Waals surface area contributed by atoms with Crippen LogP contribution < -0.4 is 5.32 Å². The van der Waals surface area contributed by atoms with Crippen LogP contribution in [0, 0.1) is 23.7 Å². The molecule has 0 radical (unpaired) electrons. The van der Waals surface area contributed by atoms with E-state index in [9.17, 15) is 14.7 Å². The van der Waals surface area contributed by atoms with Crippen molar-refractivity contribution in [3.05, 3.63) is 36.3 Å². The molecule has 1 heterocycles. The Balaban J connectivity index is 1.64. The maximum Gasteiger partial charge on any atom is 0.307 e. The average Bonchev–Trinajstić information content (AvgIpc) is 3.13. The number of amides is 1. The van der Waals surface area contributed by atoms with Crippen LogP contribution in [0.5, 0.6) is 0 Å². The molecule has 0 aromatic carbocycles. The number of carboxylic acid groups (broad SMARTS) is 1. The molecule has 0 saturated heterocycles. The monoisotopic (exact) mass is 289 g/mol. The van der Waals surface area contributed by atoms with E-state index >= 15 is 0 Å². The molecule has 1 fully saturated rings. The largest absolute Gasteiger partial charge is 0.481 e. The molecule has 1 aromatic heterocycles. The molecule has 1 amide bonds. The summed E-state index contributed by atoms with van der Waals surface area (Å²) in [6.45, 7) is 1.90. The Morgan fingerprint density at radius 2 is 2.10 bits per heavy atom. The first-order chi connectivity index (χ1) is 10.1. The summed E-state index contributed by atoms with van der Waals surface area (Å²) in [5.41, 5.74) is 0. The second-order valence-electron chi connectivity index (χ2n) is 6.03. The number of carbonyl (C=O) groups is 2. The quantitative estimate of drug-likeness (QED) is 0.811. The lowest BCUT2D eigenvalue weighted by atomic mass is 9.82. The van der Waals surface area contributed by atoms with E-state index in [1.807, 2.05) is 31.2 Å². The van der Waals surface area contributed by atoms with Crippen LogP contribution >= 0.6 is 0 Å². The summed E-state index contributed by atoms with van der Waals surface area (Å²) in [5.74, 6) is -1.18. The minimum Gasteiger partial charge on any atom is -0.481 e. The smallest absolute Gasteiger partial charge is 0.307 e. The van der Waals surface area contributed by atoms with Crippen LogP contribution in [-0.4, -0.2) is 23.0 Å². The van der Waals surface area contributed by atoms with Crippen molar-refractivity contribution in [2.45, 2.75) is 25.8 Å². The van der Waals surface area contributed by atoms with E-state index in [2.05, 4.69) is 5.32 Å². The van der Waals surface area contributed by atoms with Crippen molar-refractivity contribution in [3.63, 3.8) is 0 Å². The van der Waals surface area contributed by atoms with Crippen LogP contribution in [0.3, 0.4) is 0 Å². The van der Waals surface area contributed by atoms with E-state index in [4.69, 9.17) is 4.42 Å². The zero-order valence-corrected chi connectivity index (χ0v) is 11.9. The van der Waals surface area contributed by atoms with E-state index < -0.39 is 17.8 Å². The average molecular weight is 289 g/mol. The Labute approximate surface area is 123 Å². The minimum atomic E-state index is -0.870. The highest BCUT2D eigenvalue weighted by molar-refractivity contribution is 5.87. The number of rotatable bonds is 5. The summed E-state index contributed by atoms with van der Waals surface area (Å²) in [6, 6.07) is 3.59. The highest BCUT2D eigenvalue weighted by Crippen LogP contribution is 2.48. The number of carboxylic acids is 1. The number of furan rings is 1. The summed E-state index contributed by atoms with van der Waals surface area (Å²) in [5, 5.41) is 12.3. The molecule has 1 saturated carbocycles. The second-order valence-corrected chi connectivity index (χ2v) is 6.03. The van der Waals surface area contributed by atoms with Gasteiger partial charge >= 0.3 is 5.97 Å². The van der Waals surface area contributed by atoms with Crippen molar-refractivity contribution in [2.75, 3.05) is 0 Å². The molecular formula is C16H19NO4. The van der Waals surface area contributed by atoms with Gasteiger partial charge in [-0.1, -0.05) is 12.2 Å². The molecule has 5 atom stereocenters. The summed E-state index contributed by atoms with van der Waals surface area (Å²) in [7, 11) is 0. The lowest BCUT2D eigenvalue weighted by molar-refractivity contribution is -0.148. The van der Waals surface area contributed by atoms with E-state index in [0.717, 1.165) is 12.2 Å². The van der Waals surface area contributed by atoms with Gasteiger partial charge in [0, 0.05) is 12.5 Å². The van der Waals surface area contributed by atoms with Gasteiger partial charge in [0.15, 0.2) is 0 Å². The van der Waals surface area contributed by atoms with Crippen molar-refractivity contribution in [1.29, 1.82) is 0 Å². The van der Waals surface area contributed by atoms with Gasteiger partial charge < -0.3 is 14.8 Å². The summed E-state index contributed by atoms with van der Waals surface area (Å²) < 4.78 is 5.26. The number of nitrogens with one attached hydrogen (secondary N) is 1. The van der Waals surface area contributed by atoms with Crippen molar-refractivity contribution in [1.82, 2.24) is 5.32 Å². The molecule has 1 aromatic rings. The Bertz CT molecular complexity index is 563. The maximum atomic E-state index is 12.4. The van der Waals surface area contributed by atoms with Gasteiger partial charge in [-0.2, -0.15) is 0 Å². The fourth-order valence-electron chi connectivity index (χ4n) is 3.64. The maximum absolute atomic E-state index is 12.4. The molecule has 2 bridgehead atoms. The molecule has 0 aliphatic heterocycles. The predicted octanol–water partition coefficient (Wildman–Crippen LogP) is 1.85. The molecule has 5 unspecified atom stereocenters. The van der Waals surface area contributed by atoms with Crippen LogP contribution in [0.15, 0.2) is 35.0 Å². The Hall–Kier alpha value is -2.04. The molecule has 2 aliphatic carbocycles. The van der Waals surface area contributed by atoms with Gasteiger partial charge in [0.25, 0.3) is 0 Å².